The van der Waals surface area contributed by atoms with E-state index in [2.05, 4.69) is 15.6 Å². The number of hydrogen-bond donors (Lipinski definition) is 3. The van der Waals surface area contributed by atoms with Crippen LogP contribution in [-0.2, 0) is 0 Å². The summed E-state index contributed by atoms with van der Waals surface area (Å²) in [4.78, 5) is 4.29. The summed E-state index contributed by atoms with van der Waals surface area (Å²) in [5, 5.41) is 15.9. The van der Waals surface area contributed by atoms with E-state index in [4.69, 9.17) is 5.11 Å². The van der Waals surface area contributed by atoms with Crippen molar-refractivity contribution in [2.75, 3.05) is 6.54 Å². The molecule has 80 valence electrons. The fourth-order valence-corrected chi connectivity index (χ4v) is 2.18. The summed E-state index contributed by atoms with van der Waals surface area (Å²) in [5.41, 5.74) is 0. The number of aliphatic hydroxyl groups is 1. The molecule has 3 unspecified atom stereocenters. The Kier molecular flexibility index (Phi) is 2.91. The van der Waals surface area contributed by atoms with Gasteiger partial charge in [-0.15, -0.1) is 0 Å². The maximum Gasteiger partial charge on any atom is 0.191 e. The first kappa shape index (κ1) is 9.77. The van der Waals surface area contributed by atoms with Crippen LogP contribution in [0.3, 0.4) is 0 Å². The number of fused-ring (bicyclic) bond motifs is 1. The van der Waals surface area contributed by atoms with E-state index in [9.17, 15) is 0 Å². The monoisotopic (exact) mass is 197 g/mol. The second-order valence-corrected chi connectivity index (χ2v) is 4.32. The van der Waals surface area contributed by atoms with Gasteiger partial charge in [-0.05, 0) is 19.8 Å². The molecule has 4 nitrogen and oxygen atoms in total. The molecule has 1 saturated carbocycles. The molecule has 1 aliphatic heterocycles. The third kappa shape index (κ3) is 2.18. The van der Waals surface area contributed by atoms with Crippen LogP contribution in [0.1, 0.15) is 32.6 Å². The predicted octanol–water partition coefficient (Wildman–Crippen LogP) is 0.227. The van der Waals surface area contributed by atoms with Crippen LogP contribution in [0, 0.1) is 0 Å². The standard InChI is InChI=1S/C10H19N3O/c1-7(14)6-11-10-12-8-4-2-3-5-9(8)13-10/h7-9,14H,2-6H2,1H3,(H2,11,12,13). The molecular formula is C10H19N3O. The van der Waals surface area contributed by atoms with Gasteiger partial charge in [-0.3, -0.25) is 4.99 Å². The van der Waals surface area contributed by atoms with Crippen LogP contribution < -0.4 is 10.6 Å². The van der Waals surface area contributed by atoms with E-state index in [1.807, 2.05) is 0 Å². The Balaban J connectivity index is 1.89. The molecule has 0 aromatic rings. The van der Waals surface area contributed by atoms with Crippen LogP contribution in [0.4, 0.5) is 0 Å². The molecule has 0 amide bonds. The van der Waals surface area contributed by atoms with Crippen LogP contribution in [0.25, 0.3) is 0 Å². The molecule has 0 bridgehead atoms. The summed E-state index contributed by atoms with van der Waals surface area (Å²) in [6.45, 7) is 2.24. The molecule has 14 heavy (non-hydrogen) atoms. The van der Waals surface area contributed by atoms with Crippen molar-refractivity contribution in [1.29, 1.82) is 0 Å². The highest BCUT2D eigenvalue weighted by Gasteiger charge is 2.31. The zero-order chi connectivity index (χ0) is 9.97. The van der Waals surface area contributed by atoms with Gasteiger partial charge in [0.1, 0.15) is 0 Å². The van der Waals surface area contributed by atoms with E-state index < -0.39 is 0 Å². The van der Waals surface area contributed by atoms with Gasteiger partial charge in [0.25, 0.3) is 0 Å². The van der Waals surface area contributed by atoms with E-state index in [1.165, 1.54) is 25.7 Å². The smallest absolute Gasteiger partial charge is 0.191 e. The first-order valence-corrected chi connectivity index (χ1v) is 5.51. The van der Waals surface area contributed by atoms with Gasteiger partial charge in [-0.1, -0.05) is 12.8 Å². The van der Waals surface area contributed by atoms with Gasteiger partial charge in [0.05, 0.1) is 12.6 Å². The third-order valence-corrected chi connectivity index (χ3v) is 2.92. The maximum absolute atomic E-state index is 9.11. The van der Waals surface area contributed by atoms with Crippen LogP contribution in [0.5, 0.6) is 0 Å². The van der Waals surface area contributed by atoms with Crippen LogP contribution in [0.15, 0.2) is 4.99 Å². The van der Waals surface area contributed by atoms with Crippen molar-refractivity contribution in [2.24, 2.45) is 4.99 Å². The number of nitrogens with one attached hydrogen (secondary N) is 2. The second-order valence-electron chi connectivity index (χ2n) is 4.32. The zero-order valence-electron chi connectivity index (χ0n) is 8.66. The normalized spacial score (nSPS) is 32.9. The van der Waals surface area contributed by atoms with E-state index >= 15 is 0 Å². The Morgan fingerprint density at radius 3 is 2.43 bits per heavy atom. The van der Waals surface area contributed by atoms with Crippen molar-refractivity contribution < 1.29 is 5.11 Å². The molecule has 2 rings (SSSR count). The van der Waals surface area contributed by atoms with Crippen molar-refractivity contribution in [1.82, 2.24) is 10.6 Å². The third-order valence-electron chi connectivity index (χ3n) is 2.92. The van der Waals surface area contributed by atoms with Crippen LogP contribution in [-0.4, -0.2) is 35.8 Å². The number of guanidine groups is 1. The Morgan fingerprint density at radius 1 is 1.36 bits per heavy atom. The summed E-state index contributed by atoms with van der Waals surface area (Å²) in [7, 11) is 0. The lowest BCUT2D eigenvalue weighted by Crippen LogP contribution is -2.36. The molecule has 3 atom stereocenters. The molecule has 2 aliphatic rings. The first-order chi connectivity index (χ1) is 6.75. The Labute approximate surface area is 84.8 Å². The van der Waals surface area contributed by atoms with Crippen molar-refractivity contribution in [3.63, 3.8) is 0 Å². The van der Waals surface area contributed by atoms with Crippen molar-refractivity contribution >= 4 is 5.96 Å². The summed E-state index contributed by atoms with van der Waals surface area (Å²) in [5.74, 6) is 0.878. The van der Waals surface area contributed by atoms with Gasteiger partial charge < -0.3 is 15.7 Å². The molecule has 1 heterocycles. The number of rotatable bonds is 2. The van der Waals surface area contributed by atoms with Gasteiger partial charge in [0.15, 0.2) is 5.96 Å². The van der Waals surface area contributed by atoms with Gasteiger partial charge in [-0.25, -0.2) is 0 Å². The minimum atomic E-state index is -0.353. The summed E-state index contributed by atoms with van der Waals surface area (Å²) in [6.07, 6.45) is 4.77. The zero-order valence-corrected chi connectivity index (χ0v) is 8.66. The van der Waals surface area contributed by atoms with Gasteiger partial charge in [0, 0.05) is 12.1 Å². The highest BCUT2D eigenvalue weighted by atomic mass is 16.3. The van der Waals surface area contributed by atoms with Gasteiger partial charge >= 0.3 is 0 Å². The minimum Gasteiger partial charge on any atom is -0.391 e. The van der Waals surface area contributed by atoms with Gasteiger partial charge in [0.2, 0.25) is 0 Å². The molecule has 4 heteroatoms. The van der Waals surface area contributed by atoms with E-state index in [0.717, 1.165) is 5.96 Å². The predicted molar refractivity (Wildman–Crippen MR) is 56.3 cm³/mol. The largest absolute Gasteiger partial charge is 0.391 e. The second kappa shape index (κ2) is 4.17. The van der Waals surface area contributed by atoms with Gasteiger partial charge in [-0.2, -0.15) is 0 Å². The molecule has 0 aromatic carbocycles. The lowest BCUT2D eigenvalue weighted by molar-refractivity contribution is 0.204. The number of hydrogen-bond acceptors (Lipinski definition) is 2. The molecule has 2 fully saturated rings. The number of aliphatic imine (C=N–C) groups is 1. The van der Waals surface area contributed by atoms with Crippen molar-refractivity contribution in [3.05, 3.63) is 0 Å². The quantitative estimate of drug-likeness (QED) is 0.594. The van der Waals surface area contributed by atoms with Crippen molar-refractivity contribution in [2.45, 2.75) is 50.8 Å². The van der Waals surface area contributed by atoms with Crippen molar-refractivity contribution in [3.8, 4) is 0 Å². The SMILES string of the molecule is CC(O)CN=C1NC2CCCCC2N1. The molecule has 0 spiro atoms. The van der Waals surface area contributed by atoms with Crippen LogP contribution >= 0.6 is 0 Å². The van der Waals surface area contributed by atoms with Crippen LogP contribution in [0.2, 0.25) is 0 Å². The maximum atomic E-state index is 9.11. The Bertz CT molecular complexity index is 211. The Morgan fingerprint density at radius 2 is 1.93 bits per heavy atom. The molecule has 1 saturated heterocycles. The summed E-state index contributed by atoms with van der Waals surface area (Å²) < 4.78 is 0. The number of nitrogens with zero attached hydrogens (tertiary/aromatic N) is 1. The minimum absolute atomic E-state index is 0.353. The number of aliphatic hydroxyl groups excluding tert-OH is 1. The van der Waals surface area contributed by atoms with E-state index in [-0.39, 0.29) is 6.10 Å². The average Bonchev–Trinajstić information content (AvgIpc) is 2.57. The fraction of sp³-hybridized carbons (Fsp3) is 0.900. The molecule has 0 aromatic heterocycles. The Hall–Kier alpha value is -0.770. The van der Waals surface area contributed by atoms with E-state index in [1.54, 1.807) is 6.92 Å². The molecule has 3 N–H and O–H groups in total. The topological polar surface area (TPSA) is 56.7 Å². The fourth-order valence-electron chi connectivity index (χ4n) is 2.18. The highest BCUT2D eigenvalue weighted by Crippen LogP contribution is 2.21. The highest BCUT2D eigenvalue weighted by molar-refractivity contribution is 5.82. The lowest BCUT2D eigenvalue weighted by atomic mass is 9.92. The average molecular weight is 197 g/mol. The first-order valence-electron chi connectivity index (χ1n) is 5.51. The molecular weight excluding hydrogens is 178 g/mol. The summed E-state index contributed by atoms with van der Waals surface area (Å²) >= 11 is 0. The lowest BCUT2D eigenvalue weighted by Gasteiger charge is -2.23. The molecule has 0 radical (unpaired) electrons. The van der Waals surface area contributed by atoms with E-state index in [0.29, 0.717) is 18.6 Å². The summed E-state index contributed by atoms with van der Waals surface area (Å²) in [6, 6.07) is 1.13. The molecule has 1 aliphatic carbocycles.